The van der Waals surface area contributed by atoms with E-state index in [2.05, 4.69) is 10.5 Å². The van der Waals surface area contributed by atoms with Crippen molar-refractivity contribution >= 4 is 27.3 Å². The molecule has 2 fully saturated rings. The Morgan fingerprint density at radius 1 is 1.21 bits per heavy atom. The molecule has 1 aromatic heterocycles. The van der Waals surface area contributed by atoms with Crippen LogP contribution in [-0.2, 0) is 26.1 Å². The Morgan fingerprint density at radius 2 is 1.91 bits per heavy atom. The first-order valence-corrected chi connectivity index (χ1v) is 12.5. The van der Waals surface area contributed by atoms with Crippen molar-refractivity contribution in [2.45, 2.75) is 31.2 Å². The van der Waals surface area contributed by atoms with Crippen molar-refractivity contribution in [3.05, 3.63) is 45.8 Å². The topological polar surface area (TPSA) is 148 Å². The number of hydrogen-bond donors (Lipinski definition) is 1. The Labute approximate surface area is 197 Å². The van der Waals surface area contributed by atoms with Gasteiger partial charge in [-0.1, -0.05) is 5.16 Å². The Morgan fingerprint density at radius 3 is 2.53 bits per heavy atom. The van der Waals surface area contributed by atoms with Crippen LogP contribution in [-0.4, -0.2) is 68.1 Å². The molecule has 2 aliphatic rings. The second kappa shape index (κ2) is 10.1. The number of nitro benzene ring substituents is 1. The van der Waals surface area contributed by atoms with Gasteiger partial charge in [0.2, 0.25) is 15.9 Å². The van der Waals surface area contributed by atoms with Gasteiger partial charge in [0.25, 0.3) is 5.69 Å². The van der Waals surface area contributed by atoms with Crippen molar-refractivity contribution in [3.63, 3.8) is 0 Å². The molecule has 0 unspecified atom stereocenters. The summed E-state index contributed by atoms with van der Waals surface area (Å²) >= 11 is 0. The van der Waals surface area contributed by atoms with E-state index in [0.29, 0.717) is 56.3 Å². The van der Waals surface area contributed by atoms with Crippen molar-refractivity contribution in [2.75, 3.05) is 44.3 Å². The van der Waals surface area contributed by atoms with E-state index in [1.807, 2.05) is 4.90 Å². The number of hydrogen-bond acceptors (Lipinski definition) is 9. The molecule has 1 N–H and O–H groups in total. The number of ether oxygens (including phenoxy) is 1. The Hall–Kier alpha value is -3.03. The number of amides is 1. The summed E-state index contributed by atoms with van der Waals surface area (Å²) in [5.41, 5.74) is 0.729. The van der Waals surface area contributed by atoms with E-state index >= 15 is 0 Å². The number of anilines is 1. The fraction of sp³-hybridized carbons (Fsp3) is 0.524. The Balaban J connectivity index is 1.42. The highest BCUT2D eigenvalue weighted by Crippen LogP contribution is 2.34. The molecular weight excluding hydrogens is 466 g/mol. The van der Waals surface area contributed by atoms with Crippen LogP contribution in [0.25, 0.3) is 0 Å². The first-order valence-electron chi connectivity index (χ1n) is 11.1. The van der Waals surface area contributed by atoms with Gasteiger partial charge in [0.05, 0.1) is 29.6 Å². The third-order valence-electron chi connectivity index (χ3n) is 6.08. The number of nitrogens with zero attached hydrogens (tertiary/aromatic N) is 4. The summed E-state index contributed by atoms with van der Waals surface area (Å²) < 4.78 is 37.3. The predicted octanol–water partition coefficient (Wildman–Crippen LogP) is 1.44. The third-order valence-corrected chi connectivity index (χ3v) is 7.97. The molecule has 0 radical (unpaired) electrons. The number of nitro groups is 1. The molecule has 2 aliphatic heterocycles. The quantitative estimate of drug-likeness (QED) is 0.447. The van der Waals surface area contributed by atoms with Gasteiger partial charge in [0.15, 0.2) is 0 Å². The van der Waals surface area contributed by atoms with E-state index < -0.39 is 14.9 Å². The van der Waals surface area contributed by atoms with E-state index in [-0.39, 0.29) is 42.0 Å². The van der Waals surface area contributed by atoms with E-state index in [1.54, 1.807) is 13.0 Å². The summed E-state index contributed by atoms with van der Waals surface area (Å²) in [6, 6.07) is 5.77. The van der Waals surface area contributed by atoms with Crippen LogP contribution in [0.4, 0.5) is 11.4 Å². The van der Waals surface area contributed by atoms with Gasteiger partial charge in [0, 0.05) is 44.2 Å². The molecule has 1 amide bonds. The summed E-state index contributed by atoms with van der Waals surface area (Å²) in [5, 5.41) is 18.5. The van der Waals surface area contributed by atoms with Crippen LogP contribution in [0.5, 0.6) is 0 Å². The number of nitrogens with one attached hydrogen (secondary N) is 1. The monoisotopic (exact) mass is 493 g/mol. The van der Waals surface area contributed by atoms with Crippen LogP contribution >= 0.6 is 0 Å². The number of morpholine rings is 1. The van der Waals surface area contributed by atoms with Crippen LogP contribution in [0.3, 0.4) is 0 Å². The molecule has 3 heterocycles. The summed E-state index contributed by atoms with van der Waals surface area (Å²) in [4.78, 5) is 25.5. The molecule has 2 saturated heterocycles. The molecular formula is C21H27N5O7S. The van der Waals surface area contributed by atoms with Gasteiger partial charge in [-0.3, -0.25) is 14.9 Å². The number of rotatable bonds is 7. The first kappa shape index (κ1) is 24.1. The van der Waals surface area contributed by atoms with Gasteiger partial charge in [-0.25, -0.2) is 8.42 Å². The minimum absolute atomic E-state index is 0.0956. The van der Waals surface area contributed by atoms with Crippen molar-refractivity contribution < 1.29 is 27.4 Å². The first-order chi connectivity index (χ1) is 16.3. The summed E-state index contributed by atoms with van der Waals surface area (Å²) in [5.74, 6) is 0.356. The summed E-state index contributed by atoms with van der Waals surface area (Å²) in [6.07, 6.45) is 1.04. The Kier molecular flexibility index (Phi) is 7.14. The molecule has 2 aromatic rings. The summed E-state index contributed by atoms with van der Waals surface area (Å²) in [7, 11) is -3.85. The molecule has 184 valence electrons. The molecule has 0 bridgehead atoms. The molecule has 4 rings (SSSR count). The maximum atomic E-state index is 12.9. The van der Waals surface area contributed by atoms with Gasteiger partial charge in [-0.2, -0.15) is 4.31 Å². The lowest BCUT2D eigenvalue weighted by Crippen LogP contribution is -2.41. The van der Waals surface area contributed by atoms with Crippen LogP contribution in [0.2, 0.25) is 0 Å². The zero-order valence-corrected chi connectivity index (χ0v) is 19.6. The maximum absolute atomic E-state index is 12.9. The van der Waals surface area contributed by atoms with Crippen LogP contribution < -0.4 is 10.2 Å². The lowest BCUT2D eigenvalue weighted by Gasteiger charge is -2.33. The van der Waals surface area contributed by atoms with E-state index in [4.69, 9.17) is 9.26 Å². The number of aromatic nitrogens is 1. The smallest absolute Gasteiger partial charge is 0.293 e. The van der Waals surface area contributed by atoms with Crippen molar-refractivity contribution in [3.8, 4) is 0 Å². The molecule has 0 saturated carbocycles. The van der Waals surface area contributed by atoms with Gasteiger partial charge in [-0.15, -0.1) is 0 Å². The Bertz CT molecular complexity index is 1150. The minimum atomic E-state index is -3.85. The predicted molar refractivity (Wildman–Crippen MR) is 121 cm³/mol. The SMILES string of the molecule is Cc1cc(CNC(=O)C2CCN(c3ccc(S(=O)(=O)N4CCOCC4)cc3[N+](=O)[O-])CC2)no1. The number of aryl methyl sites for hydroxylation is 1. The highest BCUT2D eigenvalue weighted by atomic mass is 32.2. The average molecular weight is 494 g/mol. The van der Waals surface area contributed by atoms with Crippen molar-refractivity contribution in [2.24, 2.45) is 5.92 Å². The second-order valence-electron chi connectivity index (χ2n) is 8.33. The lowest BCUT2D eigenvalue weighted by molar-refractivity contribution is -0.384. The maximum Gasteiger partial charge on any atom is 0.293 e. The zero-order valence-electron chi connectivity index (χ0n) is 18.8. The molecule has 0 aliphatic carbocycles. The van der Waals surface area contributed by atoms with Crippen LogP contribution in [0.15, 0.2) is 33.7 Å². The fourth-order valence-corrected chi connectivity index (χ4v) is 5.65. The van der Waals surface area contributed by atoms with Crippen LogP contribution in [0, 0.1) is 23.0 Å². The number of carbonyl (C=O) groups excluding carboxylic acids is 1. The van der Waals surface area contributed by atoms with Crippen molar-refractivity contribution in [1.29, 1.82) is 0 Å². The molecule has 34 heavy (non-hydrogen) atoms. The normalized spacial score (nSPS) is 18.1. The molecule has 0 spiro atoms. The second-order valence-corrected chi connectivity index (χ2v) is 10.3. The number of benzene rings is 1. The third kappa shape index (κ3) is 5.21. The molecule has 13 heteroatoms. The van der Waals surface area contributed by atoms with E-state index in [9.17, 15) is 23.3 Å². The van der Waals surface area contributed by atoms with E-state index in [1.165, 1.54) is 16.4 Å². The molecule has 1 aromatic carbocycles. The number of piperidine rings is 1. The van der Waals surface area contributed by atoms with Gasteiger partial charge in [0.1, 0.15) is 17.1 Å². The highest BCUT2D eigenvalue weighted by molar-refractivity contribution is 7.89. The van der Waals surface area contributed by atoms with Gasteiger partial charge >= 0.3 is 0 Å². The minimum Gasteiger partial charge on any atom is -0.379 e. The molecule has 12 nitrogen and oxygen atoms in total. The van der Waals surface area contributed by atoms with Gasteiger partial charge in [-0.05, 0) is 31.9 Å². The van der Waals surface area contributed by atoms with Gasteiger partial charge < -0.3 is 19.5 Å². The highest BCUT2D eigenvalue weighted by Gasteiger charge is 2.32. The largest absolute Gasteiger partial charge is 0.379 e. The summed E-state index contributed by atoms with van der Waals surface area (Å²) in [6.45, 7) is 3.95. The van der Waals surface area contributed by atoms with Crippen molar-refractivity contribution in [1.82, 2.24) is 14.8 Å². The van der Waals surface area contributed by atoms with Crippen LogP contribution in [0.1, 0.15) is 24.3 Å². The fourth-order valence-electron chi connectivity index (χ4n) is 4.22. The lowest BCUT2D eigenvalue weighted by atomic mass is 9.95. The zero-order chi connectivity index (χ0) is 24.3. The van der Waals surface area contributed by atoms with E-state index in [0.717, 1.165) is 6.07 Å². The number of carbonyl (C=O) groups is 1. The average Bonchev–Trinajstić information content (AvgIpc) is 3.27. The molecule has 0 atom stereocenters. The number of sulfonamides is 1. The standard InChI is InChI=1S/C21H27N5O7S/c1-15-12-17(23-33-15)14-22-21(27)16-4-6-24(7-5-16)19-3-2-18(13-20(19)26(28)29)34(30,31)25-8-10-32-11-9-25/h2-3,12-13,16H,4-11,14H2,1H3,(H,22,27).